The number of nitrogens with zero attached hydrogens (tertiary/aromatic N) is 1. The predicted octanol–water partition coefficient (Wildman–Crippen LogP) is 3.40. The standard InChI is InChI=1S/C13H15FNO/c14-13-7-5-12(6-8-13)10-16-15-9-11-3-1-2-4-11/h5-8,11H,1-4,10H2. The van der Waals surface area contributed by atoms with E-state index in [1.165, 1.54) is 37.8 Å². The van der Waals surface area contributed by atoms with E-state index in [-0.39, 0.29) is 5.82 Å². The molecule has 1 aromatic carbocycles. The molecule has 0 heterocycles. The largest absolute Gasteiger partial charge is 0.391 e. The lowest BCUT2D eigenvalue weighted by Crippen LogP contribution is -1.95. The van der Waals surface area contributed by atoms with Crippen molar-refractivity contribution in [3.05, 3.63) is 35.6 Å². The topological polar surface area (TPSA) is 21.6 Å². The highest BCUT2D eigenvalue weighted by atomic mass is 19.1. The van der Waals surface area contributed by atoms with E-state index in [0.29, 0.717) is 12.5 Å². The number of hydrogen-bond donors (Lipinski definition) is 0. The van der Waals surface area contributed by atoms with Crippen LogP contribution in [0.25, 0.3) is 0 Å². The second kappa shape index (κ2) is 5.64. The summed E-state index contributed by atoms with van der Waals surface area (Å²) in [7, 11) is 0. The molecule has 0 spiro atoms. The Morgan fingerprint density at radius 2 is 1.94 bits per heavy atom. The van der Waals surface area contributed by atoms with Crippen LogP contribution in [0.4, 0.5) is 4.39 Å². The van der Waals surface area contributed by atoms with Gasteiger partial charge in [-0.05, 0) is 30.5 Å². The second-order valence-corrected chi connectivity index (χ2v) is 4.10. The summed E-state index contributed by atoms with van der Waals surface area (Å²) in [5, 5.41) is 3.83. The third-order valence-corrected chi connectivity index (χ3v) is 2.80. The highest BCUT2D eigenvalue weighted by Gasteiger charge is 2.12. The van der Waals surface area contributed by atoms with Gasteiger partial charge in [0.2, 0.25) is 0 Å². The lowest BCUT2D eigenvalue weighted by atomic mass is 10.1. The van der Waals surface area contributed by atoms with Crippen molar-refractivity contribution in [2.75, 3.05) is 0 Å². The molecule has 2 rings (SSSR count). The van der Waals surface area contributed by atoms with Crippen molar-refractivity contribution in [1.29, 1.82) is 0 Å². The van der Waals surface area contributed by atoms with Crippen LogP contribution in [0.3, 0.4) is 0 Å². The van der Waals surface area contributed by atoms with Gasteiger partial charge in [-0.2, -0.15) is 0 Å². The highest BCUT2D eigenvalue weighted by Crippen LogP contribution is 2.22. The maximum atomic E-state index is 12.6. The Bertz CT molecular complexity index is 341. The molecule has 1 aliphatic carbocycles. The minimum absolute atomic E-state index is 0.232. The Morgan fingerprint density at radius 3 is 2.62 bits per heavy atom. The van der Waals surface area contributed by atoms with E-state index in [2.05, 4.69) is 11.4 Å². The molecule has 0 aliphatic heterocycles. The first kappa shape index (κ1) is 11.1. The number of hydrogen-bond acceptors (Lipinski definition) is 2. The fraction of sp³-hybridized carbons (Fsp3) is 0.462. The zero-order chi connectivity index (χ0) is 11.2. The van der Waals surface area contributed by atoms with Gasteiger partial charge in [-0.15, -0.1) is 0 Å². The molecule has 1 aromatic rings. The van der Waals surface area contributed by atoms with Crippen molar-refractivity contribution < 1.29 is 9.23 Å². The van der Waals surface area contributed by atoms with Crippen LogP contribution >= 0.6 is 0 Å². The molecule has 2 nitrogen and oxygen atoms in total. The van der Waals surface area contributed by atoms with E-state index < -0.39 is 0 Å². The zero-order valence-corrected chi connectivity index (χ0v) is 9.16. The van der Waals surface area contributed by atoms with Crippen LogP contribution in [0.15, 0.2) is 29.4 Å². The summed E-state index contributed by atoms with van der Waals surface area (Å²) in [5.74, 6) is 0.234. The van der Waals surface area contributed by atoms with E-state index in [1.807, 2.05) is 0 Å². The average Bonchev–Trinajstić information content (AvgIpc) is 2.80. The van der Waals surface area contributed by atoms with Crippen LogP contribution in [0.1, 0.15) is 31.2 Å². The summed E-state index contributed by atoms with van der Waals surface area (Å²) in [6.45, 7) is 0.375. The molecule has 0 bridgehead atoms. The van der Waals surface area contributed by atoms with Gasteiger partial charge in [0.25, 0.3) is 0 Å². The third-order valence-electron chi connectivity index (χ3n) is 2.80. The Hall–Kier alpha value is -1.38. The van der Waals surface area contributed by atoms with Gasteiger partial charge >= 0.3 is 0 Å². The Labute approximate surface area is 95.1 Å². The third kappa shape index (κ3) is 3.33. The molecule has 1 saturated carbocycles. The molecule has 0 saturated heterocycles. The molecule has 85 valence electrons. The van der Waals surface area contributed by atoms with Gasteiger partial charge in [-0.3, -0.25) is 0 Å². The maximum Gasteiger partial charge on any atom is 0.142 e. The summed E-state index contributed by atoms with van der Waals surface area (Å²) >= 11 is 0. The van der Waals surface area contributed by atoms with Crippen molar-refractivity contribution in [2.24, 2.45) is 11.1 Å². The summed E-state index contributed by atoms with van der Waals surface area (Å²) < 4.78 is 12.6. The minimum Gasteiger partial charge on any atom is -0.391 e. The van der Waals surface area contributed by atoms with Crippen LogP contribution in [0.2, 0.25) is 0 Å². The molecular formula is C13H15FNO. The van der Waals surface area contributed by atoms with Crippen molar-refractivity contribution in [3.63, 3.8) is 0 Å². The smallest absolute Gasteiger partial charge is 0.142 e. The van der Waals surface area contributed by atoms with E-state index in [9.17, 15) is 4.39 Å². The SMILES string of the molecule is Fc1ccc(CO/N=[C]\C2CCCC2)cc1. The van der Waals surface area contributed by atoms with Crippen LogP contribution in [-0.2, 0) is 11.4 Å². The van der Waals surface area contributed by atoms with Gasteiger partial charge in [0.05, 0.1) is 0 Å². The molecule has 1 aliphatic rings. The first-order valence-electron chi connectivity index (χ1n) is 5.66. The molecule has 0 amide bonds. The fourth-order valence-corrected chi connectivity index (χ4v) is 1.85. The van der Waals surface area contributed by atoms with Gasteiger partial charge < -0.3 is 4.84 Å². The number of halogens is 1. The number of rotatable bonds is 4. The van der Waals surface area contributed by atoms with Crippen molar-refractivity contribution in [3.8, 4) is 0 Å². The minimum atomic E-state index is -0.232. The van der Waals surface area contributed by atoms with Crippen LogP contribution in [0, 0.1) is 11.7 Å². The quantitative estimate of drug-likeness (QED) is 0.563. The van der Waals surface area contributed by atoms with E-state index in [1.54, 1.807) is 12.1 Å². The molecule has 1 fully saturated rings. The Kier molecular flexibility index (Phi) is 3.91. The van der Waals surface area contributed by atoms with E-state index in [0.717, 1.165) is 5.56 Å². The first-order valence-corrected chi connectivity index (χ1v) is 5.66. The average molecular weight is 220 g/mol. The van der Waals surface area contributed by atoms with Crippen molar-refractivity contribution in [1.82, 2.24) is 0 Å². The molecule has 0 aromatic heterocycles. The van der Waals surface area contributed by atoms with Crippen LogP contribution in [-0.4, -0.2) is 6.21 Å². The zero-order valence-electron chi connectivity index (χ0n) is 9.16. The van der Waals surface area contributed by atoms with Gasteiger partial charge in [0.15, 0.2) is 0 Å². The fourth-order valence-electron chi connectivity index (χ4n) is 1.85. The number of benzene rings is 1. The lowest BCUT2D eigenvalue weighted by Gasteiger charge is -2.00. The second-order valence-electron chi connectivity index (χ2n) is 4.10. The Balaban J connectivity index is 1.72. The van der Waals surface area contributed by atoms with Crippen LogP contribution in [0.5, 0.6) is 0 Å². The summed E-state index contributed by atoms with van der Waals surface area (Å²) in [4.78, 5) is 5.11. The molecule has 0 unspecified atom stereocenters. The molecule has 3 heteroatoms. The molecule has 1 radical (unpaired) electrons. The van der Waals surface area contributed by atoms with Gasteiger partial charge in [-0.25, -0.2) is 4.39 Å². The lowest BCUT2D eigenvalue weighted by molar-refractivity contribution is 0.130. The highest BCUT2D eigenvalue weighted by molar-refractivity contribution is 5.60. The van der Waals surface area contributed by atoms with Gasteiger partial charge in [-0.1, -0.05) is 30.1 Å². The van der Waals surface area contributed by atoms with Gasteiger partial charge in [0, 0.05) is 5.92 Å². The maximum absolute atomic E-state index is 12.6. The predicted molar refractivity (Wildman–Crippen MR) is 60.6 cm³/mol. The molecule has 16 heavy (non-hydrogen) atoms. The summed E-state index contributed by atoms with van der Waals surface area (Å²) in [6, 6.07) is 6.23. The van der Waals surface area contributed by atoms with E-state index in [4.69, 9.17) is 4.84 Å². The monoisotopic (exact) mass is 220 g/mol. The van der Waals surface area contributed by atoms with Gasteiger partial charge in [0.1, 0.15) is 18.6 Å². The van der Waals surface area contributed by atoms with Crippen molar-refractivity contribution in [2.45, 2.75) is 32.3 Å². The van der Waals surface area contributed by atoms with E-state index >= 15 is 0 Å². The summed E-state index contributed by atoms with van der Waals surface area (Å²) in [5.41, 5.74) is 0.915. The molecular weight excluding hydrogens is 205 g/mol. The van der Waals surface area contributed by atoms with Crippen LogP contribution < -0.4 is 0 Å². The normalized spacial score (nSPS) is 17.1. The van der Waals surface area contributed by atoms with Crippen molar-refractivity contribution >= 4 is 6.21 Å². The summed E-state index contributed by atoms with van der Waals surface area (Å²) in [6.07, 6.45) is 7.87. The molecule has 0 atom stereocenters. The first-order chi connectivity index (χ1) is 7.84. The Morgan fingerprint density at radius 1 is 1.25 bits per heavy atom. The molecule has 0 N–H and O–H groups in total.